The Kier molecular flexibility index (Phi) is 4.98. The van der Waals surface area contributed by atoms with Gasteiger partial charge in [0.1, 0.15) is 11.6 Å². The maximum atomic E-state index is 12.8. The Bertz CT molecular complexity index is 1210. The minimum absolute atomic E-state index is 0.177. The summed E-state index contributed by atoms with van der Waals surface area (Å²) < 4.78 is 8.18. The Morgan fingerprint density at radius 1 is 0.903 bits per heavy atom. The zero-order valence-corrected chi connectivity index (χ0v) is 17.8. The lowest BCUT2D eigenvalue weighted by Crippen LogP contribution is -2.44. The van der Waals surface area contributed by atoms with Crippen molar-refractivity contribution in [3.05, 3.63) is 91.8 Å². The monoisotopic (exact) mass is 418 g/mol. The summed E-state index contributed by atoms with van der Waals surface area (Å²) in [6, 6.07) is 16.1. The average molecular weight is 418 g/mol. The van der Waals surface area contributed by atoms with Crippen LogP contribution < -0.4 is 15.9 Å². The van der Waals surface area contributed by atoms with Crippen LogP contribution in [0.5, 0.6) is 5.75 Å². The molecule has 2 aliphatic rings. The first-order valence-electron chi connectivity index (χ1n) is 10.6. The standard InChI is InChI=1S/C24H26N4O3/c1-16-3-5-18(6-4-16)12-28-24(30)23(29)27-14-19-13-26(15-21(19)22(27)25-28)11-17-7-9-20(31-2)10-8-17/h3-10,19,21H,11-15H2,1-2H3/t19-,21+/m1/s1. The van der Waals surface area contributed by atoms with Crippen LogP contribution >= 0.6 is 0 Å². The zero-order chi connectivity index (χ0) is 21.5. The highest BCUT2D eigenvalue weighted by molar-refractivity contribution is 5.27. The Labute approximate surface area is 180 Å². The number of nitrogens with zero attached hydrogens (tertiary/aromatic N) is 4. The van der Waals surface area contributed by atoms with Gasteiger partial charge in [0.05, 0.1) is 13.7 Å². The fraction of sp³-hybridized carbons (Fsp3) is 0.375. The molecule has 0 saturated carbocycles. The van der Waals surface area contributed by atoms with E-state index in [2.05, 4.69) is 22.1 Å². The SMILES string of the molecule is COc1ccc(CN2C[C@@H]3Cn4c(nn(Cc5ccc(C)cc5)c(=O)c4=O)[C@H]3C2)cc1. The molecule has 0 N–H and O–H groups in total. The van der Waals surface area contributed by atoms with E-state index in [1.807, 2.05) is 43.3 Å². The summed E-state index contributed by atoms with van der Waals surface area (Å²) >= 11 is 0. The zero-order valence-electron chi connectivity index (χ0n) is 17.8. The molecule has 0 unspecified atom stereocenters. The van der Waals surface area contributed by atoms with E-state index in [4.69, 9.17) is 4.74 Å². The molecule has 7 nitrogen and oxygen atoms in total. The van der Waals surface area contributed by atoms with Crippen LogP contribution in [-0.2, 0) is 19.6 Å². The normalized spacial score (nSPS) is 19.9. The van der Waals surface area contributed by atoms with Crippen molar-refractivity contribution in [3.63, 3.8) is 0 Å². The first-order chi connectivity index (χ1) is 15.0. The highest BCUT2D eigenvalue weighted by Crippen LogP contribution is 2.37. The Morgan fingerprint density at radius 2 is 1.58 bits per heavy atom. The van der Waals surface area contributed by atoms with Crippen LogP contribution in [0, 0.1) is 12.8 Å². The van der Waals surface area contributed by atoms with Gasteiger partial charge in [-0.1, -0.05) is 42.0 Å². The molecule has 1 saturated heterocycles. The molecule has 7 heteroatoms. The number of methoxy groups -OCH3 is 1. The molecule has 1 fully saturated rings. The fourth-order valence-corrected chi connectivity index (χ4v) is 4.77. The van der Waals surface area contributed by atoms with Crippen LogP contribution in [0.2, 0.25) is 0 Å². The van der Waals surface area contributed by atoms with Gasteiger partial charge in [-0.25, -0.2) is 4.68 Å². The van der Waals surface area contributed by atoms with Crippen molar-refractivity contribution in [2.24, 2.45) is 5.92 Å². The number of hydrogen-bond acceptors (Lipinski definition) is 5. The van der Waals surface area contributed by atoms with Gasteiger partial charge in [-0.2, -0.15) is 5.10 Å². The number of benzene rings is 2. The molecule has 5 rings (SSSR count). The third-order valence-corrected chi connectivity index (χ3v) is 6.45. The third-order valence-electron chi connectivity index (χ3n) is 6.45. The largest absolute Gasteiger partial charge is 0.497 e. The predicted molar refractivity (Wildman–Crippen MR) is 118 cm³/mol. The van der Waals surface area contributed by atoms with Crippen LogP contribution in [0.4, 0.5) is 0 Å². The van der Waals surface area contributed by atoms with E-state index in [9.17, 15) is 9.59 Å². The van der Waals surface area contributed by atoms with Crippen LogP contribution in [0.3, 0.4) is 0 Å². The molecule has 3 aromatic rings. The molecular weight excluding hydrogens is 392 g/mol. The van der Waals surface area contributed by atoms with Gasteiger partial charge in [0.25, 0.3) is 0 Å². The lowest BCUT2D eigenvalue weighted by molar-refractivity contribution is 0.303. The Hall–Kier alpha value is -3.19. The molecule has 160 valence electrons. The number of rotatable bonds is 5. The Morgan fingerprint density at radius 3 is 2.29 bits per heavy atom. The van der Waals surface area contributed by atoms with Crippen LogP contribution in [0.25, 0.3) is 0 Å². The molecule has 1 aromatic heterocycles. The van der Waals surface area contributed by atoms with E-state index < -0.39 is 11.1 Å². The van der Waals surface area contributed by atoms with E-state index in [1.165, 1.54) is 10.2 Å². The lowest BCUT2D eigenvalue weighted by Gasteiger charge is -2.18. The van der Waals surface area contributed by atoms with Crippen molar-refractivity contribution in [2.75, 3.05) is 20.2 Å². The molecule has 0 spiro atoms. The highest BCUT2D eigenvalue weighted by atomic mass is 16.5. The maximum absolute atomic E-state index is 12.8. The maximum Gasteiger partial charge on any atom is 0.332 e. The number of aryl methyl sites for hydroxylation is 1. The number of aromatic nitrogens is 3. The van der Waals surface area contributed by atoms with Gasteiger partial charge in [0.2, 0.25) is 0 Å². The molecular formula is C24H26N4O3. The Balaban J connectivity index is 1.37. The number of hydrogen-bond donors (Lipinski definition) is 0. The summed E-state index contributed by atoms with van der Waals surface area (Å²) in [5.74, 6) is 2.09. The first kappa shape index (κ1) is 19.8. The van der Waals surface area contributed by atoms with Gasteiger partial charge in [0, 0.05) is 38.0 Å². The number of ether oxygens (including phenoxy) is 1. The molecule has 3 heterocycles. The predicted octanol–water partition coefficient (Wildman–Crippen LogP) is 2.00. The molecule has 0 aliphatic carbocycles. The average Bonchev–Trinajstić information content (AvgIpc) is 3.32. The molecule has 31 heavy (non-hydrogen) atoms. The molecule has 0 amide bonds. The molecule has 2 aliphatic heterocycles. The van der Waals surface area contributed by atoms with Gasteiger partial charge >= 0.3 is 11.1 Å². The quantitative estimate of drug-likeness (QED) is 0.593. The first-order valence-corrected chi connectivity index (χ1v) is 10.6. The van der Waals surface area contributed by atoms with Crippen molar-refractivity contribution in [1.82, 2.24) is 19.2 Å². The number of fused-ring (bicyclic) bond motifs is 3. The summed E-state index contributed by atoms with van der Waals surface area (Å²) in [5, 5.41) is 4.66. The third kappa shape index (κ3) is 3.70. The molecule has 2 aromatic carbocycles. The van der Waals surface area contributed by atoms with Crippen molar-refractivity contribution in [3.8, 4) is 5.75 Å². The summed E-state index contributed by atoms with van der Waals surface area (Å²) in [4.78, 5) is 27.8. The van der Waals surface area contributed by atoms with Crippen molar-refractivity contribution in [1.29, 1.82) is 0 Å². The molecule has 0 radical (unpaired) electrons. The summed E-state index contributed by atoms with van der Waals surface area (Å²) in [5.41, 5.74) is 2.36. The van der Waals surface area contributed by atoms with Crippen molar-refractivity contribution in [2.45, 2.75) is 32.5 Å². The van der Waals surface area contributed by atoms with E-state index in [0.717, 1.165) is 42.3 Å². The second-order valence-electron chi connectivity index (χ2n) is 8.63. The second-order valence-corrected chi connectivity index (χ2v) is 8.63. The summed E-state index contributed by atoms with van der Waals surface area (Å²) in [7, 11) is 1.67. The van der Waals surface area contributed by atoms with Crippen molar-refractivity contribution < 1.29 is 4.74 Å². The smallest absolute Gasteiger partial charge is 0.332 e. The van der Waals surface area contributed by atoms with Gasteiger partial charge < -0.3 is 4.74 Å². The minimum Gasteiger partial charge on any atom is -0.497 e. The van der Waals surface area contributed by atoms with E-state index in [0.29, 0.717) is 19.0 Å². The topological polar surface area (TPSA) is 69.4 Å². The van der Waals surface area contributed by atoms with Gasteiger partial charge in [-0.3, -0.25) is 19.1 Å². The molecule has 2 atom stereocenters. The fourth-order valence-electron chi connectivity index (χ4n) is 4.77. The highest BCUT2D eigenvalue weighted by Gasteiger charge is 2.42. The minimum atomic E-state index is -0.542. The van der Waals surface area contributed by atoms with Gasteiger partial charge in [-0.05, 0) is 30.2 Å². The summed E-state index contributed by atoms with van der Waals surface area (Å²) in [6.07, 6.45) is 0. The van der Waals surface area contributed by atoms with Crippen LogP contribution in [-0.4, -0.2) is 39.4 Å². The van der Waals surface area contributed by atoms with E-state index in [1.54, 1.807) is 11.7 Å². The number of likely N-dealkylation sites (tertiary alicyclic amines) is 1. The lowest BCUT2D eigenvalue weighted by atomic mass is 10.00. The second kappa shape index (κ2) is 7.81. The van der Waals surface area contributed by atoms with Gasteiger partial charge in [-0.15, -0.1) is 0 Å². The summed E-state index contributed by atoms with van der Waals surface area (Å²) in [6.45, 7) is 5.50. The molecule has 0 bridgehead atoms. The van der Waals surface area contributed by atoms with Crippen LogP contribution in [0.1, 0.15) is 28.4 Å². The van der Waals surface area contributed by atoms with Crippen LogP contribution in [0.15, 0.2) is 58.1 Å². The van der Waals surface area contributed by atoms with Gasteiger partial charge in [0.15, 0.2) is 0 Å². The van der Waals surface area contributed by atoms with Crippen molar-refractivity contribution >= 4 is 0 Å². The van der Waals surface area contributed by atoms with E-state index in [-0.39, 0.29) is 5.92 Å². The van der Waals surface area contributed by atoms with E-state index >= 15 is 0 Å².